The third-order valence-electron chi connectivity index (χ3n) is 2.80. The summed E-state index contributed by atoms with van der Waals surface area (Å²) in [6.07, 6.45) is 0.925. The number of Topliss-reactive ketones (excluding diaryl/α,β-unsaturated/α-hetero) is 1. The molecule has 4 nitrogen and oxygen atoms in total. The summed E-state index contributed by atoms with van der Waals surface area (Å²) in [6, 6.07) is 3.76. The Hall–Kier alpha value is -1.55. The first kappa shape index (κ1) is 7.79. The average molecular weight is 254 g/mol. The van der Waals surface area contributed by atoms with Crippen molar-refractivity contribution in [3.05, 3.63) is 23.8 Å². The van der Waals surface area contributed by atoms with Gasteiger partial charge < -0.3 is 14.8 Å². The Morgan fingerprint density at radius 3 is 3.17 bits per heavy atom. The molecule has 1 heterocycles. The van der Waals surface area contributed by atoms with E-state index in [1.54, 1.807) is 12.1 Å². The molecule has 0 aliphatic carbocycles. The van der Waals surface area contributed by atoms with Gasteiger partial charge in [0.05, 0.1) is 6.04 Å². The number of likely N-dealkylation sites (N-methyl/N-ethyl adjacent to an activating group) is 1. The van der Waals surface area contributed by atoms with Crippen LogP contribution in [-0.4, -0.2) is 25.1 Å². The van der Waals surface area contributed by atoms with E-state index in [2.05, 4.69) is 5.32 Å². The number of hydrogen-bond donors (Lipinski definition) is 1. The molecule has 2 rings (SSSR count). The highest BCUT2D eigenvalue weighted by Gasteiger charge is 2.21. The van der Waals surface area contributed by atoms with Crippen molar-refractivity contribution in [1.82, 2.24) is 5.32 Å². The fourth-order valence-electron chi connectivity index (χ4n) is 1.90. The lowest BCUT2D eigenvalue weighted by molar-refractivity contribution is 0.0938. The minimum absolute atomic E-state index is 0.0885. The minimum atomic E-state index is -2.87. The molecule has 1 aliphatic heterocycles. The third kappa shape index (κ3) is 2.64. The van der Waals surface area contributed by atoms with E-state index in [0.717, 1.165) is 0 Å². The number of nitrogens with one attached hydrogen (secondary N) is 1. The lowest BCUT2D eigenvalue weighted by Crippen LogP contribution is -2.36. The Balaban J connectivity index is 2.22. The van der Waals surface area contributed by atoms with Crippen molar-refractivity contribution in [2.45, 2.75) is 32.7 Å². The quantitative estimate of drug-likeness (QED) is 0.792. The number of benzene rings is 1. The van der Waals surface area contributed by atoms with E-state index in [0.29, 0.717) is 29.9 Å². The van der Waals surface area contributed by atoms with Gasteiger partial charge in [-0.2, -0.15) is 0 Å². The van der Waals surface area contributed by atoms with Crippen LogP contribution in [0.5, 0.6) is 11.5 Å². The molecule has 0 radical (unpaired) electrons. The van der Waals surface area contributed by atoms with Crippen molar-refractivity contribution in [2.24, 2.45) is 0 Å². The number of rotatable bonds is 6. The monoisotopic (exact) mass is 254 g/mol. The normalized spacial score (nSPS) is 20.2. The van der Waals surface area contributed by atoms with Crippen LogP contribution in [0.4, 0.5) is 0 Å². The van der Waals surface area contributed by atoms with Crippen molar-refractivity contribution < 1.29 is 21.1 Å². The van der Waals surface area contributed by atoms with E-state index in [1.165, 1.54) is 6.07 Å². The van der Waals surface area contributed by atoms with Crippen LogP contribution in [0.3, 0.4) is 0 Å². The molecule has 1 atom stereocenters. The highest BCUT2D eigenvalue weighted by Crippen LogP contribution is 2.32. The van der Waals surface area contributed by atoms with Gasteiger partial charge in [0.2, 0.25) is 6.79 Å². The SMILES string of the molecule is [2H]C([2H])([2H])C([2H])([2H])NC(CCC)C(=O)c1ccc2c(c1)OCO2. The second-order valence-electron chi connectivity index (χ2n) is 4.04. The molecule has 1 aliphatic rings. The number of ketones is 1. The van der Waals surface area contributed by atoms with Gasteiger partial charge in [-0.15, -0.1) is 0 Å². The third-order valence-corrected chi connectivity index (χ3v) is 2.80. The first-order chi connectivity index (χ1) is 10.7. The number of fused-ring (bicyclic) bond motifs is 1. The number of carbonyl (C=O) groups is 1. The summed E-state index contributed by atoms with van der Waals surface area (Å²) >= 11 is 0. The summed E-state index contributed by atoms with van der Waals surface area (Å²) < 4.78 is 47.5. The van der Waals surface area contributed by atoms with Crippen LogP contribution in [0.15, 0.2) is 18.2 Å². The molecule has 1 aromatic carbocycles. The number of hydrogen-bond acceptors (Lipinski definition) is 4. The maximum Gasteiger partial charge on any atom is 0.231 e. The Morgan fingerprint density at radius 2 is 2.39 bits per heavy atom. The highest BCUT2D eigenvalue weighted by molar-refractivity contribution is 6.00. The van der Waals surface area contributed by atoms with Crippen LogP contribution in [0.1, 0.15) is 43.8 Å². The maximum atomic E-state index is 12.6. The molecule has 4 heteroatoms. The summed E-state index contributed by atoms with van der Waals surface area (Å²) in [4.78, 5) is 12.6. The summed E-state index contributed by atoms with van der Waals surface area (Å²) in [6.45, 7) is -3.59. The van der Waals surface area contributed by atoms with Gasteiger partial charge in [0, 0.05) is 12.4 Å². The molecule has 0 saturated heterocycles. The van der Waals surface area contributed by atoms with Crippen molar-refractivity contribution in [3.8, 4) is 11.5 Å². The summed E-state index contributed by atoms with van der Waals surface area (Å²) in [5.74, 6) is 0.613. The number of ether oxygens (including phenoxy) is 2. The molecule has 98 valence electrons. The van der Waals surface area contributed by atoms with E-state index in [1.807, 2.05) is 6.92 Å². The molecule has 0 saturated carbocycles. The second-order valence-corrected chi connectivity index (χ2v) is 4.04. The predicted octanol–water partition coefficient (Wildman–Crippen LogP) is 2.38. The van der Waals surface area contributed by atoms with E-state index < -0.39 is 19.4 Å². The van der Waals surface area contributed by atoms with Gasteiger partial charge in [-0.05, 0) is 31.1 Å². The van der Waals surface area contributed by atoms with Crippen LogP contribution in [0.2, 0.25) is 0 Å². The first-order valence-electron chi connectivity index (χ1n) is 8.37. The maximum absolute atomic E-state index is 12.6. The van der Waals surface area contributed by atoms with Gasteiger partial charge in [0.25, 0.3) is 0 Å². The van der Waals surface area contributed by atoms with E-state index in [4.69, 9.17) is 16.3 Å². The van der Waals surface area contributed by atoms with Gasteiger partial charge >= 0.3 is 0 Å². The minimum Gasteiger partial charge on any atom is -0.454 e. The molecule has 0 spiro atoms. The fraction of sp³-hybridized carbons (Fsp3) is 0.500. The Labute approximate surface area is 114 Å². The smallest absolute Gasteiger partial charge is 0.231 e. The lowest BCUT2D eigenvalue weighted by atomic mass is 10.00. The van der Waals surface area contributed by atoms with Crippen LogP contribution in [0.25, 0.3) is 0 Å². The van der Waals surface area contributed by atoms with E-state index >= 15 is 0 Å². The molecule has 18 heavy (non-hydrogen) atoms. The van der Waals surface area contributed by atoms with E-state index in [-0.39, 0.29) is 12.6 Å². The van der Waals surface area contributed by atoms with Crippen molar-refractivity contribution in [3.63, 3.8) is 0 Å². The standard InChI is InChI=1S/C14H19NO3/c1-3-5-11(15-4-2)14(16)10-6-7-12-13(8-10)18-9-17-12/h6-8,11,15H,3-5,9H2,1-2H3/i2D3,4D2. The first-order valence-corrected chi connectivity index (χ1v) is 5.87. The Morgan fingerprint density at radius 1 is 1.56 bits per heavy atom. The van der Waals surface area contributed by atoms with Crippen LogP contribution >= 0.6 is 0 Å². The van der Waals surface area contributed by atoms with Gasteiger partial charge in [-0.3, -0.25) is 4.79 Å². The van der Waals surface area contributed by atoms with Gasteiger partial charge in [-0.25, -0.2) is 0 Å². The van der Waals surface area contributed by atoms with Crippen LogP contribution < -0.4 is 14.8 Å². The molecule has 1 unspecified atom stereocenters. The van der Waals surface area contributed by atoms with Gasteiger partial charge in [-0.1, -0.05) is 20.2 Å². The van der Waals surface area contributed by atoms with Crippen molar-refractivity contribution in [2.75, 3.05) is 13.3 Å². The van der Waals surface area contributed by atoms with Gasteiger partial charge in [0.1, 0.15) is 0 Å². The molecule has 0 amide bonds. The molecule has 0 bridgehead atoms. The molecule has 1 N–H and O–H groups in total. The zero-order valence-electron chi connectivity index (χ0n) is 15.2. The largest absolute Gasteiger partial charge is 0.454 e. The number of carbonyl (C=O) groups excluding carboxylic acids is 1. The van der Waals surface area contributed by atoms with Crippen LogP contribution in [0, 0.1) is 0 Å². The van der Waals surface area contributed by atoms with E-state index in [9.17, 15) is 4.79 Å². The fourth-order valence-corrected chi connectivity index (χ4v) is 1.90. The van der Waals surface area contributed by atoms with Crippen LogP contribution in [-0.2, 0) is 0 Å². The van der Waals surface area contributed by atoms with Crippen molar-refractivity contribution in [1.29, 1.82) is 0 Å². The second kappa shape index (κ2) is 5.87. The Bertz CT molecular complexity index is 588. The highest BCUT2D eigenvalue weighted by atomic mass is 16.7. The molecule has 1 aromatic rings. The molecule has 0 fully saturated rings. The zero-order valence-corrected chi connectivity index (χ0v) is 10.2. The zero-order chi connectivity index (χ0) is 17.3. The average Bonchev–Trinajstić information content (AvgIpc) is 2.92. The van der Waals surface area contributed by atoms with Crippen molar-refractivity contribution >= 4 is 5.78 Å². The predicted molar refractivity (Wildman–Crippen MR) is 69.3 cm³/mol. The molecular formula is C14H19NO3. The summed E-state index contributed by atoms with van der Waals surface area (Å²) in [7, 11) is 0. The summed E-state index contributed by atoms with van der Waals surface area (Å²) in [5.41, 5.74) is 0.321. The molecular weight excluding hydrogens is 230 g/mol. The Kier molecular flexibility index (Phi) is 2.54. The molecule has 0 aromatic heterocycles. The van der Waals surface area contributed by atoms with Gasteiger partial charge in [0.15, 0.2) is 17.3 Å². The summed E-state index contributed by atoms with van der Waals surface area (Å²) in [5, 5.41) is 2.35. The topological polar surface area (TPSA) is 47.6 Å². The lowest BCUT2D eigenvalue weighted by Gasteiger charge is -2.15.